The average Bonchev–Trinajstić information content (AvgIpc) is 2.40. The molecule has 0 aliphatic rings. The quantitative estimate of drug-likeness (QED) is 0.259. The lowest BCUT2D eigenvalue weighted by atomic mass is 9.80. The van der Waals surface area contributed by atoms with Crippen molar-refractivity contribution in [2.45, 2.75) is 33.6 Å². The number of hydrogen-bond donors (Lipinski definition) is 3. The number of rotatable bonds is 8. The molecule has 0 rings (SSSR count). The maximum absolute atomic E-state index is 12.1. The van der Waals surface area contributed by atoms with Gasteiger partial charge < -0.3 is 16.3 Å². The van der Waals surface area contributed by atoms with Crippen molar-refractivity contribution in [2.75, 3.05) is 18.1 Å². The first-order valence-corrected chi connectivity index (χ1v) is 7.58. The van der Waals surface area contributed by atoms with Crippen LogP contribution in [0.5, 0.6) is 0 Å². The maximum atomic E-state index is 12.1. The molecule has 0 bridgehead atoms. The number of carbonyl (C=O) groups is 1. The van der Waals surface area contributed by atoms with Crippen LogP contribution in [-0.4, -0.2) is 39.2 Å². The van der Waals surface area contributed by atoms with Crippen molar-refractivity contribution < 1.29 is 14.2 Å². The fourth-order valence-electron chi connectivity index (χ4n) is 1.74. The number of carbonyl (C=O) groups excluding carboxylic acids is 1. The zero-order chi connectivity index (χ0) is 14.2. The van der Waals surface area contributed by atoms with Gasteiger partial charge in [-0.15, -0.1) is 0 Å². The van der Waals surface area contributed by atoms with Crippen LogP contribution in [0.15, 0.2) is 5.16 Å². The fourth-order valence-corrected chi connectivity index (χ4v) is 2.36. The highest BCUT2D eigenvalue weighted by Crippen LogP contribution is 2.26. The lowest BCUT2D eigenvalue weighted by Crippen LogP contribution is -2.50. The molecule has 0 saturated carbocycles. The van der Waals surface area contributed by atoms with Crippen LogP contribution in [0.2, 0.25) is 0 Å². The summed E-state index contributed by atoms with van der Waals surface area (Å²) in [6, 6.07) is 0. The Labute approximate surface area is 110 Å². The van der Waals surface area contributed by atoms with Gasteiger partial charge in [0.15, 0.2) is 5.84 Å². The Morgan fingerprint density at radius 3 is 2.33 bits per heavy atom. The monoisotopic (exact) mass is 277 g/mol. The van der Waals surface area contributed by atoms with E-state index in [4.69, 9.17) is 10.9 Å². The van der Waals surface area contributed by atoms with Gasteiger partial charge in [0.25, 0.3) is 0 Å². The molecule has 6 nitrogen and oxygen atoms in total. The Morgan fingerprint density at radius 2 is 1.94 bits per heavy atom. The van der Waals surface area contributed by atoms with E-state index in [9.17, 15) is 9.00 Å². The minimum Gasteiger partial charge on any atom is -0.409 e. The molecule has 0 saturated heterocycles. The molecular formula is C11H23N3O3S. The molecule has 0 aliphatic heterocycles. The van der Waals surface area contributed by atoms with Crippen LogP contribution in [0.3, 0.4) is 0 Å². The first-order valence-electron chi connectivity index (χ1n) is 6.09. The number of amidine groups is 1. The van der Waals surface area contributed by atoms with Gasteiger partial charge in [-0.25, -0.2) is 0 Å². The van der Waals surface area contributed by atoms with Gasteiger partial charge in [0.1, 0.15) is 5.41 Å². The second-order valence-corrected chi connectivity index (χ2v) is 5.83. The van der Waals surface area contributed by atoms with Gasteiger partial charge in [0, 0.05) is 28.9 Å². The van der Waals surface area contributed by atoms with Crippen LogP contribution in [0.4, 0.5) is 0 Å². The first-order chi connectivity index (χ1) is 8.48. The molecule has 18 heavy (non-hydrogen) atoms. The van der Waals surface area contributed by atoms with E-state index in [1.807, 2.05) is 20.8 Å². The second-order valence-electron chi connectivity index (χ2n) is 3.96. The highest BCUT2D eigenvalue weighted by molar-refractivity contribution is 7.84. The Balaban J connectivity index is 4.64. The molecule has 1 amide bonds. The smallest absolute Gasteiger partial charge is 0.233 e. The van der Waals surface area contributed by atoms with Gasteiger partial charge in [-0.2, -0.15) is 0 Å². The number of nitrogens with zero attached hydrogens (tertiary/aromatic N) is 1. The second kappa shape index (κ2) is 8.07. The Kier molecular flexibility index (Phi) is 7.58. The van der Waals surface area contributed by atoms with Gasteiger partial charge in [0.2, 0.25) is 5.91 Å². The first kappa shape index (κ1) is 16.9. The van der Waals surface area contributed by atoms with E-state index in [-0.39, 0.29) is 11.7 Å². The van der Waals surface area contributed by atoms with Gasteiger partial charge in [0.05, 0.1) is 0 Å². The summed E-state index contributed by atoms with van der Waals surface area (Å²) in [6.45, 7) is 5.78. The van der Waals surface area contributed by atoms with Gasteiger partial charge in [-0.1, -0.05) is 25.9 Å². The van der Waals surface area contributed by atoms with Crippen LogP contribution >= 0.6 is 0 Å². The van der Waals surface area contributed by atoms with Crippen LogP contribution in [0, 0.1) is 5.41 Å². The van der Waals surface area contributed by atoms with Crippen LogP contribution in [-0.2, 0) is 15.6 Å². The summed E-state index contributed by atoms with van der Waals surface area (Å²) in [4.78, 5) is 12.1. The molecule has 0 aromatic carbocycles. The molecule has 0 fully saturated rings. The molecule has 7 heteroatoms. The van der Waals surface area contributed by atoms with Crippen molar-refractivity contribution in [3.8, 4) is 0 Å². The van der Waals surface area contributed by atoms with E-state index in [0.29, 0.717) is 30.9 Å². The highest BCUT2D eigenvalue weighted by atomic mass is 32.2. The van der Waals surface area contributed by atoms with E-state index in [1.54, 1.807) is 0 Å². The van der Waals surface area contributed by atoms with Crippen molar-refractivity contribution in [3.63, 3.8) is 0 Å². The number of amides is 1. The largest absolute Gasteiger partial charge is 0.409 e. The summed E-state index contributed by atoms with van der Waals surface area (Å²) in [5, 5.41) is 14.4. The summed E-state index contributed by atoms with van der Waals surface area (Å²) >= 11 is 0. The van der Waals surface area contributed by atoms with E-state index >= 15 is 0 Å². The molecule has 1 atom stereocenters. The molecule has 0 aliphatic carbocycles. The molecular weight excluding hydrogens is 254 g/mol. The normalized spacial score (nSPS) is 14.3. The number of oxime groups is 1. The zero-order valence-electron chi connectivity index (χ0n) is 11.2. The maximum Gasteiger partial charge on any atom is 0.233 e. The molecule has 106 valence electrons. The summed E-state index contributed by atoms with van der Waals surface area (Å²) in [5.41, 5.74) is 4.63. The van der Waals surface area contributed by atoms with E-state index in [1.165, 1.54) is 0 Å². The van der Waals surface area contributed by atoms with Crippen LogP contribution in [0.1, 0.15) is 33.6 Å². The highest BCUT2D eigenvalue weighted by Gasteiger charge is 2.39. The van der Waals surface area contributed by atoms with Gasteiger partial charge >= 0.3 is 0 Å². The minimum absolute atomic E-state index is 0.0818. The van der Waals surface area contributed by atoms with E-state index in [0.717, 1.165) is 0 Å². The fraction of sp³-hybridized carbons (Fsp3) is 0.818. The van der Waals surface area contributed by atoms with Crippen molar-refractivity contribution in [1.29, 1.82) is 0 Å². The molecule has 0 aromatic rings. The Bertz CT molecular complexity index is 327. The van der Waals surface area contributed by atoms with Crippen molar-refractivity contribution >= 4 is 22.5 Å². The SMILES string of the molecule is CCS(=O)CCNC(=O)C(CC)(CC)C(N)=NO. The van der Waals surface area contributed by atoms with Crippen molar-refractivity contribution in [3.05, 3.63) is 0 Å². The lowest BCUT2D eigenvalue weighted by molar-refractivity contribution is -0.127. The Morgan fingerprint density at radius 1 is 1.39 bits per heavy atom. The summed E-state index contributed by atoms with van der Waals surface area (Å²) in [6.07, 6.45) is 0.893. The number of nitrogens with one attached hydrogen (secondary N) is 1. The lowest BCUT2D eigenvalue weighted by Gasteiger charge is -2.28. The Hall–Kier alpha value is -1.11. The number of nitrogens with two attached hydrogens (primary N) is 1. The topological polar surface area (TPSA) is 105 Å². The average molecular weight is 277 g/mol. The third-order valence-corrected chi connectivity index (χ3v) is 4.48. The molecule has 4 N–H and O–H groups in total. The third-order valence-electron chi connectivity index (χ3n) is 3.18. The van der Waals surface area contributed by atoms with Crippen molar-refractivity contribution in [1.82, 2.24) is 5.32 Å². The van der Waals surface area contributed by atoms with Gasteiger partial charge in [-0.05, 0) is 12.8 Å². The standard InChI is InChI=1S/C11H23N3O3S/c1-4-11(5-2,9(12)14-16)10(15)13-7-8-18(17)6-3/h16H,4-8H2,1-3H3,(H2,12,14)(H,13,15). The summed E-state index contributed by atoms with van der Waals surface area (Å²) < 4.78 is 11.2. The molecule has 0 radical (unpaired) electrons. The van der Waals surface area contributed by atoms with Crippen LogP contribution in [0.25, 0.3) is 0 Å². The predicted molar refractivity (Wildman–Crippen MR) is 73.0 cm³/mol. The zero-order valence-corrected chi connectivity index (χ0v) is 12.0. The minimum atomic E-state index is -0.984. The van der Waals surface area contributed by atoms with Gasteiger partial charge in [-0.3, -0.25) is 9.00 Å². The molecule has 0 aromatic heterocycles. The molecule has 1 unspecified atom stereocenters. The summed E-state index contributed by atoms with van der Waals surface area (Å²) in [7, 11) is -0.912. The van der Waals surface area contributed by atoms with Crippen molar-refractivity contribution in [2.24, 2.45) is 16.3 Å². The van der Waals surface area contributed by atoms with E-state index in [2.05, 4.69) is 10.5 Å². The third kappa shape index (κ3) is 3.97. The predicted octanol–water partition coefficient (Wildman–Crippen LogP) is 0.424. The molecule has 0 spiro atoms. The van der Waals surface area contributed by atoms with Crippen LogP contribution < -0.4 is 11.1 Å². The molecule has 0 heterocycles. The van der Waals surface area contributed by atoms with E-state index < -0.39 is 16.2 Å². The summed E-state index contributed by atoms with van der Waals surface area (Å²) in [5.74, 6) is 0.627. The number of hydrogen-bond acceptors (Lipinski definition) is 4.